The van der Waals surface area contributed by atoms with E-state index in [1.165, 1.54) is 43.5 Å². The second-order valence-electron chi connectivity index (χ2n) is 5.50. The highest BCUT2D eigenvalue weighted by Crippen LogP contribution is 2.28. The Hall–Kier alpha value is -3.14. The van der Waals surface area contributed by atoms with E-state index in [2.05, 4.69) is 15.4 Å². The predicted octanol–water partition coefficient (Wildman–Crippen LogP) is 1.57. The van der Waals surface area contributed by atoms with Crippen molar-refractivity contribution in [3.8, 4) is 5.75 Å². The molecule has 2 amide bonds. The van der Waals surface area contributed by atoms with Crippen molar-refractivity contribution in [3.63, 3.8) is 0 Å². The molecule has 0 aromatic heterocycles. The second kappa shape index (κ2) is 8.49. The number of hydrogen-bond acceptors (Lipinski definition) is 5. The number of sulfonamides is 1. The van der Waals surface area contributed by atoms with E-state index >= 15 is 0 Å². The van der Waals surface area contributed by atoms with Crippen LogP contribution in [0.4, 0.5) is 15.8 Å². The molecule has 0 fully saturated rings. The molecule has 2 aromatic rings. The van der Waals surface area contributed by atoms with Crippen molar-refractivity contribution in [2.45, 2.75) is 0 Å². The third-order valence-corrected chi connectivity index (χ3v) is 3.90. The second-order valence-corrected chi connectivity index (χ2v) is 7.25. The molecule has 10 heteroatoms. The van der Waals surface area contributed by atoms with Crippen LogP contribution in [0.25, 0.3) is 0 Å². The van der Waals surface area contributed by atoms with E-state index in [9.17, 15) is 22.4 Å². The number of rotatable bonds is 7. The van der Waals surface area contributed by atoms with E-state index < -0.39 is 27.7 Å². The lowest BCUT2D eigenvalue weighted by Crippen LogP contribution is -2.33. The molecule has 0 spiro atoms. The number of halogens is 1. The zero-order chi connectivity index (χ0) is 20.0. The fraction of sp³-hybridized carbons (Fsp3) is 0.176. The van der Waals surface area contributed by atoms with Crippen molar-refractivity contribution in [2.75, 3.05) is 29.9 Å². The first-order valence-corrected chi connectivity index (χ1v) is 9.57. The maximum atomic E-state index is 13.5. The summed E-state index contributed by atoms with van der Waals surface area (Å²) in [4.78, 5) is 23.9. The van der Waals surface area contributed by atoms with Crippen LogP contribution in [0.3, 0.4) is 0 Å². The summed E-state index contributed by atoms with van der Waals surface area (Å²) in [7, 11) is -2.14. The quantitative estimate of drug-likeness (QED) is 0.659. The van der Waals surface area contributed by atoms with Gasteiger partial charge in [0, 0.05) is 11.8 Å². The summed E-state index contributed by atoms with van der Waals surface area (Å²) < 4.78 is 43.5. The van der Waals surface area contributed by atoms with Gasteiger partial charge in [0.05, 0.1) is 31.2 Å². The van der Waals surface area contributed by atoms with E-state index in [1.54, 1.807) is 0 Å². The van der Waals surface area contributed by atoms with Crippen molar-refractivity contribution in [1.29, 1.82) is 0 Å². The minimum Gasteiger partial charge on any atom is -0.494 e. The average molecular weight is 395 g/mol. The number of carbonyl (C=O) groups is 2. The standard InChI is InChI=1S/C17H18FN3O5S/c1-26-15-9-11(7-8-14(15)21-27(2,24)25)20-16(22)10-19-17(23)12-5-3-4-6-13(12)18/h3-9,21H,10H2,1-2H3,(H,19,23)(H,20,22). The molecule has 3 N–H and O–H groups in total. The van der Waals surface area contributed by atoms with Crippen molar-refractivity contribution >= 4 is 33.2 Å². The molecule has 0 aliphatic rings. The van der Waals surface area contributed by atoms with Crippen LogP contribution in [0.5, 0.6) is 5.75 Å². The fourth-order valence-electron chi connectivity index (χ4n) is 2.16. The van der Waals surface area contributed by atoms with Gasteiger partial charge in [0.1, 0.15) is 11.6 Å². The van der Waals surface area contributed by atoms with Gasteiger partial charge in [-0.1, -0.05) is 12.1 Å². The smallest absolute Gasteiger partial charge is 0.254 e. The number of benzene rings is 2. The van der Waals surface area contributed by atoms with Gasteiger partial charge in [0.15, 0.2) is 0 Å². The summed E-state index contributed by atoms with van der Waals surface area (Å²) in [5, 5.41) is 4.84. The molecular formula is C17H18FN3O5S. The van der Waals surface area contributed by atoms with Crippen LogP contribution in [0.1, 0.15) is 10.4 Å². The van der Waals surface area contributed by atoms with Gasteiger partial charge < -0.3 is 15.4 Å². The molecule has 0 atom stereocenters. The van der Waals surface area contributed by atoms with Gasteiger partial charge in [-0.15, -0.1) is 0 Å². The molecule has 0 aliphatic carbocycles. The molecule has 2 rings (SSSR count). The SMILES string of the molecule is COc1cc(NC(=O)CNC(=O)c2ccccc2F)ccc1NS(C)(=O)=O. The number of methoxy groups -OCH3 is 1. The summed E-state index contributed by atoms with van der Waals surface area (Å²) in [5.74, 6) is -1.75. The number of ether oxygens (including phenoxy) is 1. The molecule has 0 saturated heterocycles. The van der Waals surface area contributed by atoms with Crippen LogP contribution in [-0.4, -0.2) is 40.1 Å². The molecule has 0 radical (unpaired) electrons. The highest BCUT2D eigenvalue weighted by molar-refractivity contribution is 7.92. The van der Waals surface area contributed by atoms with Gasteiger partial charge in [-0.25, -0.2) is 12.8 Å². The van der Waals surface area contributed by atoms with Gasteiger partial charge in [-0.3, -0.25) is 14.3 Å². The Morgan fingerprint density at radius 1 is 1.15 bits per heavy atom. The molecular weight excluding hydrogens is 377 g/mol. The van der Waals surface area contributed by atoms with Crippen molar-refractivity contribution in [3.05, 3.63) is 53.8 Å². The van der Waals surface area contributed by atoms with E-state index in [-0.39, 0.29) is 23.5 Å². The first-order valence-electron chi connectivity index (χ1n) is 7.68. The van der Waals surface area contributed by atoms with E-state index in [0.717, 1.165) is 12.3 Å². The van der Waals surface area contributed by atoms with Crippen LogP contribution in [0, 0.1) is 5.82 Å². The van der Waals surface area contributed by atoms with Gasteiger partial charge in [0.25, 0.3) is 5.91 Å². The summed E-state index contributed by atoms with van der Waals surface area (Å²) in [6.07, 6.45) is 1.00. The highest BCUT2D eigenvalue weighted by Gasteiger charge is 2.13. The maximum Gasteiger partial charge on any atom is 0.254 e. The number of nitrogens with one attached hydrogen (secondary N) is 3. The predicted molar refractivity (Wildman–Crippen MR) is 98.8 cm³/mol. The summed E-state index contributed by atoms with van der Waals surface area (Å²) in [6.45, 7) is -0.376. The average Bonchev–Trinajstić information content (AvgIpc) is 2.60. The lowest BCUT2D eigenvalue weighted by Gasteiger charge is -2.12. The van der Waals surface area contributed by atoms with E-state index in [4.69, 9.17) is 4.74 Å². The van der Waals surface area contributed by atoms with Crippen LogP contribution >= 0.6 is 0 Å². The molecule has 144 valence electrons. The number of hydrogen-bond donors (Lipinski definition) is 3. The Bertz CT molecular complexity index is 963. The molecule has 2 aromatic carbocycles. The van der Waals surface area contributed by atoms with Crippen LogP contribution < -0.4 is 20.1 Å². The summed E-state index contributed by atoms with van der Waals surface area (Å²) in [5.41, 5.74) is 0.380. The molecule has 0 saturated carbocycles. The van der Waals surface area contributed by atoms with Gasteiger partial charge >= 0.3 is 0 Å². The molecule has 0 heterocycles. The Morgan fingerprint density at radius 3 is 2.48 bits per heavy atom. The first kappa shape index (κ1) is 20.2. The van der Waals surface area contributed by atoms with Crippen LogP contribution in [0.2, 0.25) is 0 Å². The van der Waals surface area contributed by atoms with Gasteiger partial charge in [0.2, 0.25) is 15.9 Å². The van der Waals surface area contributed by atoms with Crippen molar-refractivity contribution < 1.29 is 27.1 Å². The Kier molecular flexibility index (Phi) is 6.35. The lowest BCUT2D eigenvalue weighted by atomic mass is 10.2. The van der Waals surface area contributed by atoms with Gasteiger partial charge in [-0.05, 0) is 24.3 Å². The normalized spacial score (nSPS) is 10.8. The number of amides is 2. The fourth-order valence-corrected chi connectivity index (χ4v) is 2.73. The monoisotopic (exact) mass is 395 g/mol. The largest absolute Gasteiger partial charge is 0.494 e. The van der Waals surface area contributed by atoms with Crippen molar-refractivity contribution in [1.82, 2.24) is 5.32 Å². The molecule has 0 aliphatic heterocycles. The number of carbonyl (C=O) groups excluding carboxylic acids is 2. The lowest BCUT2D eigenvalue weighted by molar-refractivity contribution is -0.115. The zero-order valence-electron chi connectivity index (χ0n) is 14.6. The molecule has 8 nitrogen and oxygen atoms in total. The molecule has 0 bridgehead atoms. The third kappa shape index (κ3) is 5.96. The number of anilines is 2. The van der Waals surface area contributed by atoms with E-state index in [0.29, 0.717) is 5.69 Å². The van der Waals surface area contributed by atoms with E-state index in [1.807, 2.05) is 0 Å². The maximum absolute atomic E-state index is 13.5. The van der Waals surface area contributed by atoms with Crippen molar-refractivity contribution in [2.24, 2.45) is 0 Å². The molecule has 27 heavy (non-hydrogen) atoms. The minimum atomic E-state index is -3.49. The Balaban J connectivity index is 1.99. The van der Waals surface area contributed by atoms with Crippen LogP contribution in [-0.2, 0) is 14.8 Å². The molecule has 0 unspecified atom stereocenters. The Morgan fingerprint density at radius 2 is 1.85 bits per heavy atom. The summed E-state index contributed by atoms with van der Waals surface area (Å²) in [6, 6.07) is 9.73. The third-order valence-electron chi connectivity index (χ3n) is 3.31. The first-order chi connectivity index (χ1) is 12.7. The Labute approximate surface area is 155 Å². The van der Waals surface area contributed by atoms with Gasteiger partial charge in [-0.2, -0.15) is 0 Å². The summed E-state index contributed by atoms with van der Waals surface area (Å²) >= 11 is 0. The topological polar surface area (TPSA) is 114 Å². The minimum absolute atomic E-state index is 0.164. The highest BCUT2D eigenvalue weighted by atomic mass is 32.2. The zero-order valence-corrected chi connectivity index (χ0v) is 15.4. The van der Waals surface area contributed by atoms with Crippen LogP contribution in [0.15, 0.2) is 42.5 Å².